The second-order valence-corrected chi connectivity index (χ2v) is 10.4. The smallest absolute Gasteiger partial charge is 0.261 e. The summed E-state index contributed by atoms with van der Waals surface area (Å²) >= 11 is 0. The molecule has 0 aliphatic carbocycles. The topological polar surface area (TPSA) is 130 Å². The van der Waals surface area contributed by atoms with Crippen LogP contribution in [0.4, 0.5) is 0 Å². The number of carbonyl (C=O) groups is 2. The highest BCUT2D eigenvalue weighted by molar-refractivity contribution is 6.21. The second kappa shape index (κ2) is 27.1. The van der Waals surface area contributed by atoms with Gasteiger partial charge in [0.1, 0.15) is 0 Å². The van der Waals surface area contributed by atoms with Gasteiger partial charge in [-0.05, 0) is 17.7 Å². The summed E-state index contributed by atoms with van der Waals surface area (Å²) in [6.07, 6.45) is 0. The van der Waals surface area contributed by atoms with Gasteiger partial charge < -0.3 is 47.4 Å². The molecule has 48 heavy (non-hydrogen) atoms. The van der Waals surface area contributed by atoms with Crippen LogP contribution in [0.3, 0.4) is 0 Å². The molecule has 3 rings (SSSR count). The Morgan fingerprint density at radius 1 is 0.354 bits per heavy atom. The SMILES string of the molecule is O=C1c2ccccc2C(=O)N1CCOCCOCCOCCOCCOCCOCCOCCOCCOCCOCc1ccccc1. The number of rotatable bonds is 32. The summed E-state index contributed by atoms with van der Waals surface area (Å²) < 4.78 is 54.9. The van der Waals surface area contributed by atoms with Gasteiger partial charge in [-0.25, -0.2) is 0 Å². The van der Waals surface area contributed by atoms with Crippen LogP contribution in [0.1, 0.15) is 26.3 Å². The van der Waals surface area contributed by atoms with Crippen LogP contribution < -0.4 is 0 Å². The number of hydrogen-bond donors (Lipinski definition) is 0. The molecule has 0 fully saturated rings. The van der Waals surface area contributed by atoms with Gasteiger partial charge in [-0.1, -0.05) is 42.5 Å². The molecule has 0 saturated heterocycles. The Kier molecular flexibility index (Phi) is 22.3. The summed E-state index contributed by atoms with van der Waals surface area (Å²) in [5, 5.41) is 0. The third-order valence-electron chi connectivity index (χ3n) is 6.80. The van der Waals surface area contributed by atoms with Crippen LogP contribution in [-0.2, 0) is 54.0 Å². The van der Waals surface area contributed by atoms with Crippen LogP contribution in [0.5, 0.6) is 0 Å². The van der Waals surface area contributed by atoms with Crippen LogP contribution in [0.25, 0.3) is 0 Å². The number of hydrogen-bond acceptors (Lipinski definition) is 12. The van der Waals surface area contributed by atoms with E-state index in [1.54, 1.807) is 24.3 Å². The van der Waals surface area contributed by atoms with Gasteiger partial charge in [-0.3, -0.25) is 14.5 Å². The van der Waals surface area contributed by atoms with Gasteiger partial charge in [-0.2, -0.15) is 0 Å². The first-order valence-corrected chi connectivity index (χ1v) is 16.5. The fraction of sp³-hybridized carbons (Fsp3) is 0.600. The summed E-state index contributed by atoms with van der Waals surface area (Å²) in [6.45, 7) is 9.77. The Morgan fingerprint density at radius 3 is 1.00 bits per heavy atom. The lowest BCUT2D eigenvalue weighted by Gasteiger charge is -2.13. The monoisotopic (exact) mass is 677 g/mol. The van der Waals surface area contributed by atoms with E-state index >= 15 is 0 Å². The van der Waals surface area contributed by atoms with Crippen molar-refractivity contribution >= 4 is 11.8 Å². The minimum Gasteiger partial charge on any atom is -0.377 e. The van der Waals surface area contributed by atoms with Gasteiger partial charge in [0.15, 0.2) is 0 Å². The van der Waals surface area contributed by atoms with Crippen molar-refractivity contribution in [2.24, 2.45) is 0 Å². The molecule has 0 unspecified atom stereocenters. The van der Waals surface area contributed by atoms with Crippen molar-refractivity contribution < 1.29 is 57.0 Å². The van der Waals surface area contributed by atoms with Crippen LogP contribution in [-0.4, -0.2) is 149 Å². The van der Waals surface area contributed by atoms with Gasteiger partial charge in [-0.15, -0.1) is 0 Å². The van der Waals surface area contributed by atoms with Crippen molar-refractivity contribution in [3.05, 3.63) is 71.3 Å². The Bertz CT molecular complexity index is 1070. The lowest BCUT2D eigenvalue weighted by molar-refractivity contribution is -0.0268. The number of imide groups is 1. The average molecular weight is 678 g/mol. The van der Waals surface area contributed by atoms with E-state index in [1.807, 2.05) is 30.3 Å². The van der Waals surface area contributed by atoms with E-state index in [0.29, 0.717) is 137 Å². The number of carbonyl (C=O) groups excluding carboxylic acids is 2. The average Bonchev–Trinajstić information content (AvgIpc) is 3.35. The first-order chi connectivity index (χ1) is 23.8. The summed E-state index contributed by atoms with van der Waals surface area (Å²) in [4.78, 5) is 25.8. The summed E-state index contributed by atoms with van der Waals surface area (Å²) in [5.41, 5.74) is 2.04. The number of ether oxygens (including phenoxy) is 10. The number of nitrogens with zero attached hydrogens (tertiary/aromatic N) is 1. The van der Waals surface area contributed by atoms with Gasteiger partial charge in [0.2, 0.25) is 0 Å². The van der Waals surface area contributed by atoms with Crippen molar-refractivity contribution in [1.29, 1.82) is 0 Å². The van der Waals surface area contributed by atoms with Crippen LogP contribution in [0.15, 0.2) is 54.6 Å². The van der Waals surface area contributed by atoms with E-state index < -0.39 is 0 Å². The maximum Gasteiger partial charge on any atom is 0.261 e. The molecule has 0 aromatic heterocycles. The third-order valence-corrected chi connectivity index (χ3v) is 6.80. The van der Waals surface area contributed by atoms with E-state index in [-0.39, 0.29) is 25.0 Å². The molecule has 0 bridgehead atoms. The fourth-order valence-electron chi connectivity index (χ4n) is 4.34. The van der Waals surface area contributed by atoms with E-state index in [9.17, 15) is 9.59 Å². The van der Waals surface area contributed by atoms with Gasteiger partial charge in [0, 0.05) is 0 Å². The molecule has 1 aliphatic heterocycles. The van der Waals surface area contributed by atoms with Crippen molar-refractivity contribution in [2.45, 2.75) is 6.61 Å². The van der Waals surface area contributed by atoms with Crippen LogP contribution in [0, 0.1) is 0 Å². The Hall–Kier alpha value is -2.82. The molecule has 2 amide bonds. The van der Waals surface area contributed by atoms with Crippen LogP contribution in [0.2, 0.25) is 0 Å². The molecule has 0 saturated carbocycles. The van der Waals surface area contributed by atoms with Crippen molar-refractivity contribution in [3.63, 3.8) is 0 Å². The van der Waals surface area contributed by atoms with E-state index in [0.717, 1.165) is 5.56 Å². The molecule has 13 heteroatoms. The number of benzene rings is 2. The predicted octanol–water partition coefficient (Wildman–Crippen LogP) is 2.65. The predicted molar refractivity (Wildman–Crippen MR) is 175 cm³/mol. The maximum absolute atomic E-state index is 12.3. The van der Waals surface area contributed by atoms with E-state index in [4.69, 9.17) is 47.4 Å². The molecular formula is C35H51NO12. The molecule has 13 nitrogen and oxygen atoms in total. The number of fused-ring (bicyclic) bond motifs is 1. The zero-order valence-electron chi connectivity index (χ0n) is 27.9. The normalized spacial score (nSPS) is 12.7. The fourth-order valence-corrected chi connectivity index (χ4v) is 4.34. The quantitative estimate of drug-likeness (QED) is 0.0834. The third kappa shape index (κ3) is 17.5. The number of amides is 2. The molecule has 0 spiro atoms. The lowest BCUT2D eigenvalue weighted by atomic mass is 10.1. The zero-order chi connectivity index (χ0) is 33.7. The zero-order valence-corrected chi connectivity index (χ0v) is 27.9. The summed E-state index contributed by atoms with van der Waals surface area (Å²) in [5.74, 6) is -0.554. The summed E-state index contributed by atoms with van der Waals surface area (Å²) in [6, 6.07) is 16.9. The van der Waals surface area contributed by atoms with Crippen molar-refractivity contribution in [1.82, 2.24) is 4.90 Å². The van der Waals surface area contributed by atoms with Crippen molar-refractivity contribution in [2.75, 3.05) is 132 Å². The molecule has 1 aliphatic rings. The minimum atomic E-state index is -0.277. The highest BCUT2D eigenvalue weighted by Crippen LogP contribution is 2.21. The largest absolute Gasteiger partial charge is 0.377 e. The first-order valence-electron chi connectivity index (χ1n) is 16.5. The Labute approximate surface area is 283 Å². The lowest BCUT2D eigenvalue weighted by Crippen LogP contribution is -2.33. The molecule has 0 N–H and O–H groups in total. The summed E-state index contributed by atoms with van der Waals surface area (Å²) in [7, 11) is 0. The van der Waals surface area contributed by atoms with Gasteiger partial charge >= 0.3 is 0 Å². The molecular weight excluding hydrogens is 626 g/mol. The molecule has 2 aromatic rings. The standard InChI is InChI=1S/C35H51NO12/c37-34-32-8-4-5-9-33(32)35(38)36(34)10-11-39-12-13-40-14-15-41-16-17-42-18-19-43-20-21-44-22-23-45-24-25-46-26-27-47-28-29-48-30-31-6-2-1-3-7-31/h1-9H,10-30H2. The molecule has 0 atom stereocenters. The van der Waals surface area contributed by atoms with E-state index in [2.05, 4.69) is 0 Å². The van der Waals surface area contributed by atoms with Gasteiger partial charge in [0.25, 0.3) is 11.8 Å². The van der Waals surface area contributed by atoms with Crippen molar-refractivity contribution in [3.8, 4) is 0 Å². The second-order valence-electron chi connectivity index (χ2n) is 10.4. The highest BCUT2D eigenvalue weighted by Gasteiger charge is 2.34. The van der Waals surface area contributed by atoms with Crippen LogP contribution >= 0.6 is 0 Å². The highest BCUT2D eigenvalue weighted by atomic mass is 16.6. The molecule has 268 valence electrons. The molecule has 0 radical (unpaired) electrons. The molecule has 2 aromatic carbocycles. The first kappa shape index (κ1) is 39.6. The minimum absolute atomic E-state index is 0.215. The Balaban J connectivity index is 0.927. The van der Waals surface area contributed by atoms with E-state index in [1.165, 1.54) is 4.90 Å². The molecule has 1 heterocycles. The Morgan fingerprint density at radius 2 is 0.646 bits per heavy atom. The maximum atomic E-state index is 12.3. The van der Waals surface area contributed by atoms with Gasteiger partial charge in [0.05, 0.1) is 150 Å².